The third kappa shape index (κ3) is 5.24. The van der Waals surface area contributed by atoms with Gasteiger partial charge in [-0.3, -0.25) is 4.79 Å². The molecule has 0 aliphatic carbocycles. The zero-order valence-corrected chi connectivity index (χ0v) is 12.7. The second-order valence-electron chi connectivity index (χ2n) is 5.88. The van der Waals surface area contributed by atoms with Crippen LogP contribution in [0.5, 0.6) is 0 Å². The minimum atomic E-state index is -0.278. The van der Waals surface area contributed by atoms with E-state index >= 15 is 0 Å². The molecule has 1 rings (SSSR count). The number of rotatable bonds is 4. The molecule has 0 aromatic carbocycles. The lowest BCUT2D eigenvalue weighted by Crippen LogP contribution is -2.41. The maximum Gasteiger partial charge on any atom is 0.270 e. The van der Waals surface area contributed by atoms with Gasteiger partial charge in [-0.15, -0.1) is 0 Å². The first-order chi connectivity index (χ1) is 8.71. The van der Waals surface area contributed by atoms with Crippen LogP contribution in [-0.4, -0.2) is 27.5 Å². The Morgan fingerprint density at radius 2 is 2.00 bits per heavy atom. The third-order valence-electron chi connectivity index (χ3n) is 2.56. The van der Waals surface area contributed by atoms with Crippen molar-refractivity contribution < 1.29 is 4.79 Å². The molecule has 1 aromatic heterocycles. The van der Waals surface area contributed by atoms with Crippen LogP contribution in [0.2, 0.25) is 0 Å². The topological polar surface area (TPSA) is 66.9 Å². The van der Waals surface area contributed by atoms with Gasteiger partial charge in [0.2, 0.25) is 5.95 Å². The van der Waals surface area contributed by atoms with Crippen LogP contribution in [0.25, 0.3) is 0 Å². The summed E-state index contributed by atoms with van der Waals surface area (Å²) < 4.78 is 0. The van der Waals surface area contributed by atoms with Crippen molar-refractivity contribution in [3.05, 3.63) is 17.5 Å². The van der Waals surface area contributed by atoms with Crippen molar-refractivity contribution in [3.8, 4) is 0 Å². The summed E-state index contributed by atoms with van der Waals surface area (Å²) in [6, 6.07) is 1.98. The molecule has 0 saturated carbocycles. The number of aryl methyl sites for hydroxylation is 1. The van der Waals surface area contributed by atoms with Crippen molar-refractivity contribution in [2.75, 3.05) is 5.32 Å². The number of aromatic nitrogens is 2. The second kappa shape index (κ2) is 5.99. The van der Waals surface area contributed by atoms with E-state index in [-0.39, 0.29) is 17.5 Å². The van der Waals surface area contributed by atoms with Gasteiger partial charge in [-0.1, -0.05) is 6.92 Å². The Bertz CT molecular complexity index is 451. The van der Waals surface area contributed by atoms with Crippen LogP contribution in [-0.2, 0) is 0 Å². The Balaban J connectivity index is 2.93. The zero-order chi connectivity index (χ0) is 14.6. The SMILES string of the molecule is CCC(C)Nc1nc(C)cc(C(=O)NC(C)(C)C)n1. The van der Waals surface area contributed by atoms with Crippen LogP contribution in [0.3, 0.4) is 0 Å². The second-order valence-corrected chi connectivity index (χ2v) is 5.88. The van der Waals surface area contributed by atoms with E-state index in [1.165, 1.54) is 0 Å². The van der Waals surface area contributed by atoms with Gasteiger partial charge in [0, 0.05) is 17.3 Å². The number of nitrogens with one attached hydrogen (secondary N) is 2. The van der Waals surface area contributed by atoms with Crippen molar-refractivity contribution in [2.24, 2.45) is 0 Å². The maximum atomic E-state index is 12.1. The van der Waals surface area contributed by atoms with E-state index in [1.807, 2.05) is 27.7 Å². The molecule has 0 saturated heterocycles. The van der Waals surface area contributed by atoms with Gasteiger partial charge in [0.05, 0.1) is 0 Å². The highest BCUT2D eigenvalue weighted by molar-refractivity contribution is 5.93. The predicted molar refractivity (Wildman–Crippen MR) is 77.4 cm³/mol. The summed E-state index contributed by atoms with van der Waals surface area (Å²) in [6.07, 6.45) is 0.973. The number of amides is 1. The number of carbonyl (C=O) groups excluding carboxylic acids is 1. The van der Waals surface area contributed by atoms with E-state index in [0.29, 0.717) is 11.6 Å². The van der Waals surface area contributed by atoms with Gasteiger partial charge < -0.3 is 10.6 Å². The molecule has 1 amide bonds. The molecular formula is C14H24N4O. The Morgan fingerprint density at radius 3 is 2.53 bits per heavy atom. The van der Waals surface area contributed by atoms with Crippen LogP contribution >= 0.6 is 0 Å². The van der Waals surface area contributed by atoms with Crippen molar-refractivity contribution in [1.82, 2.24) is 15.3 Å². The number of hydrogen-bond donors (Lipinski definition) is 2. The Kier molecular flexibility index (Phi) is 4.86. The molecule has 5 nitrogen and oxygen atoms in total. The van der Waals surface area contributed by atoms with Gasteiger partial charge in [0.15, 0.2) is 0 Å². The van der Waals surface area contributed by atoms with Crippen LogP contribution < -0.4 is 10.6 Å². The number of anilines is 1. The minimum Gasteiger partial charge on any atom is -0.352 e. The molecule has 1 unspecified atom stereocenters. The van der Waals surface area contributed by atoms with Gasteiger partial charge in [-0.25, -0.2) is 9.97 Å². The summed E-state index contributed by atoms with van der Waals surface area (Å²) in [7, 11) is 0. The average Bonchev–Trinajstić information content (AvgIpc) is 2.25. The molecule has 0 aliphatic rings. The smallest absolute Gasteiger partial charge is 0.270 e. The normalized spacial score (nSPS) is 12.9. The fourth-order valence-electron chi connectivity index (χ4n) is 1.48. The molecule has 1 aromatic rings. The molecule has 2 N–H and O–H groups in total. The number of hydrogen-bond acceptors (Lipinski definition) is 4. The summed E-state index contributed by atoms with van der Waals surface area (Å²) in [5, 5.41) is 6.09. The molecular weight excluding hydrogens is 240 g/mol. The average molecular weight is 264 g/mol. The predicted octanol–water partition coefficient (Wildman–Crippen LogP) is 2.52. The van der Waals surface area contributed by atoms with E-state index < -0.39 is 0 Å². The minimum absolute atomic E-state index is 0.176. The standard InChI is InChI=1S/C14H24N4O/c1-7-9(2)15-13-16-10(3)8-11(17-13)12(19)18-14(4,5)6/h8-9H,7H2,1-6H3,(H,18,19)(H,15,16,17). The highest BCUT2D eigenvalue weighted by Crippen LogP contribution is 2.09. The summed E-state index contributed by atoms with van der Waals surface area (Å²) in [6.45, 7) is 11.8. The van der Waals surface area contributed by atoms with Gasteiger partial charge in [0.25, 0.3) is 5.91 Å². The van der Waals surface area contributed by atoms with Gasteiger partial charge >= 0.3 is 0 Å². The van der Waals surface area contributed by atoms with E-state index in [1.54, 1.807) is 6.07 Å². The monoisotopic (exact) mass is 264 g/mol. The van der Waals surface area contributed by atoms with Crippen LogP contribution in [0, 0.1) is 6.92 Å². The summed E-state index contributed by atoms with van der Waals surface area (Å²) in [4.78, 5) is 20.7. The first-order valence-corrected chi connectivity index (χ1v) is 6.66. The van der Waals surface area contributed by atoms with Gasteiger partial charge in [0.1, 0.15) is 5.69 Å². The Labute approximate surface area is 115 Å². The third-order valence-corrected chi connectivity index (χ3v) is 2.56. The van der Waals surface area contributed by atoms with Crippen molar-refractivity contribution in [3.63, 3.8) is 0 Å². The van der Waals surface area contributed by atoms with Crippen molar-refractivity contribution in [2.45, 2.75) is 59.5 Å². The first-order valence-electron chi connectivity index (χ1n) is 6.66. The number of carbonyl (C=O) groups is 1. The lowest BCUT2D eigenvalue weighted by molar-refractivity contribution is 0.0914. The molecule has 0 fully saturated rings. The van der Waals surface area contributed by atoms with Crippen LogP contribution in [0.4, 0.5) is 5.95 Å². The fourth-order valence-corrected chi connectivity index (χ4v) is 1.48. The van der Waals surface area contributed by atoms with Crippen LogP contribution in [0.1, 0.15) is 57.2 Å². The molecule has 1 heterocycles. The Hall–Kier alpha value is -1.65. The maximum absolute atomic E-state index is 12.1. The zero-order valence-electron chi connectivity index (χ0n) is 12.7. The van der Waals surface area contributed by atoms with Crippen LogP contribution in [0.15, 0.2) is 6.07 Å². The Morgan fingerprint density at radius 1 is 1.37 bits per heavy atom. The lowest BCUT2D eigenvalue weighted by atomic mass is 10.1. The van der Waals surface area contributed by atoms with E-state index in [0.717, 1.165) is 12.1 Å². The molecule has 5 heteroatoms. The highest BCUT2D eigenvalue weighted by Gasteiger charge is 2.17. The fraction of sp³-hybridized carbons (Fsp3) is 0.643. The van der Waals surface area contributed by atoms with Crippen molar-refractivity contribution >= 4 is 11.9 Å². The summed E-state index contributed by atoms with van der Waals surface area (Å²) in [5.41, 5.74) is 0.897. The molecule has 19 heavy (non-hydrogen) atoms. The van der Waals surface area contributed by atoms with E-state index in [2.05, 4.69) is 34.4 Å². The molecule has 0 aliphatic heterocycles. The summed E-state index contributed by atoms with van der Waals surface area (Å²) >= 11 is 0. The van der Waals surface area contributed by atoms with Gasteiger partial charge in [-0.05, 0) is 47.1 Å². The molecule has 1 atom stereocenters. The van der Waals surface area contributed by atoms with E-state index in [4.69, 9.17) is 0 Å². The molecule has 0 spiro atoms. The van der Waals surface area contributed by atoms with E-state index in [9.17, 15) is 4.79 Å². The number of nitrogens with zero attached hydrogens (tertiary/aromatic N) is 2. The van der Waals surface area contributed by atoms with Crippen molar-refractivity contribution in [1.29, 1.82) is 0 Å². The molecule has 0 bridgehead atoms. The molecule has 106 valence electrons. The largest absolute Gasteiger partial charge is 0.352 e. The summed E-state index contributed by atoms with van der Waals surface area (Å²) in [5.74, 6) is 0.332. The van der Waals surface area contributed by atoms with Gasteiger partial charge in [-0.2, -0.15) is 0 Å². The molecule has 0 radical (unpaired) electrons. The quantitative estimate of drug-likeness (QED) is 0.877. The highest BCUT2D eigenvalue weighted by atomic mass is 16.2. The first kappa shape index (κ1) is 15.4. The lowest BCUT2D eigenvalue weighted by Gasteiger charge is -2.20.